The molecule has 0 saturated heterocycles. The Morgan fingerprint density at radius 2 is 1.80 bits per heavy atom. The van der Waals surface area contributed by atoms with Gasteiger partial charge in [0.15, 0.2) is 0 Å². The largest absolute Gasteiger partial charge is 0.378 e. The van der Waals surface area contributed by atoms with E-state index in [2.05, 4.69) is 42.5 Å². The van der Waals surface area contributed by atoms with E-state index in [1.807, 2.05) is 12.1 Å². The number of hydrogen-bond donors (Lipinski definition) is 1. The molecule has 0 unspecified atom stereocenters. The van der Waals surface area contributed by atoms with Crippen LogP contribution in [0.5, 0.6) is 0 Å². The van der Waals surface area contributed by atoms with Crippen molar-refractivity contribution in [3.8, 4) is 0 Å². The van der Waals surface area contributed by atoms with Gasteiger partial charge in [0, 0.05) is 23.6 Å². The Balaban J connectivity index is 1.46. The highest BCUT2D eigenvalue weighted by molar-refractivity contribution is 6.30. The second-order valence-electron chi connectivity index (χ2n) is 7.15. The minimum absolute atomic E-state index is 0.0643. The van der Waals surface area contributed by atoms with Crippen molar-refractivity contribution in [3.05, 3.63) is 70.7 Å². The standard InChI is InChI=1S/C22H28ClNO/c23-20-10-4-9-19(16-20)22(17-24)13-11-21(12-14-22)25-15-5-8-18-6-2-1-3-7-18/h1-4,6-7,9-10,16,21H,5,8,11-15,17,24H2. The summed E-state index contributed by atoms with van der Waals surface area (Å²) in [6, 6.07) is 18.8. The second-order valence-corrected chi connectivity index (χ2v) is 7.59. The summed E-state index contributed by atoms with van der Waals surface area (Å²) in [6.45, 7) is 1.51. The van der Waals surface area contributed by atoms with Crippen molar-refractivity contribution in [1.82, 2.24) is 0 Å². The molecular weight excluding hydrogens is 330 g/mol. The smallest absolute Gasteiger partial charge is 0.0575 e. The van der Waals surface area contributed by atoms with Crippen molar-refractivity contribution < 1.29 is 4.74 Å². The molecule has 134 valence electrons. The highest BCUT2D eigenvalue weighted by atomic mass is 35.5. The molecule has 3 rings (SSSR count). The second kappa shape index (κ2) is 8.84. The van der Waals surface area contributed by atoms with Gasteiger partial charge < -0.3 is 10.5 Å². The molecule has 0 atom stereocenters. The third kappa shape index (κ3) is 4.84. The van der Waals surface area contributed by atoms with E-state index in [0.29, 0.717) is 12.6 Å². The Labute approximate surface area is 156 Å². The van der Waals surface area contributed by atoms with Crippen molar-refractivity contribution in [1.29, 1.82) is 0 Å². The van der Waals surface area contributed by atoms with Crippen molar-refractivity contribution in [2.24, 2.45) is 5.73 Å². The molecule has 1 aliphatic rings. The number of halogens is 1. The van der Waals surface area contributed by atoms with Gasteiger partial charge in [-0.05, 0) is 61.8 Å². The molecule has 2 aromatic carbocycles. The third-order valence-corrected chi connectivity index (χ3v) is 5.76. The molecule has 2 nitrogen and oxygen atoms in total. The average molecular weight is 358 g/mol. The van der Waals surface area contributed by atoms with E-state index in [4.69, 9.17) is 22.1 Å². The molecule has 2 aromatic rings. The van der Waals surface area contributed by atoms with E-state index >= 15 is 0 Å². The summed E-state index contributed by atoms with van der Waals surface area (Å²) in [4.78, 5) is 0. The zero-order valence-corrected chi connectivity index (χ0v) is 15.5. The molecule has 2 N–H and O–H groups in total. The molecule has 0 amide bonds. The lowest BCUT2D eigenvalue weighted by molar-refractivity contribution is 0.0121. The van der Waals surface area contributed by atoms with Gasteiger partial charge in [-0.25, -0.2) is 0 Å². The fourth-order valence-corrected chi connectivity index (χ4v) is 4.10. The molecular formula is C22H28ClNO. The summed E-state index contributed by atoms with van der Waals surface area (Å²) in [5.41, 5.74) is 8.90. The molecule has 1 aliphatic carbocycles. The van der Waals surface area contributed by atoms with Crippen molar-refractivity contribution in [2.75, 3.05) is 13.2 Å². The zero-order valence-electron chi connectivity index (χ0n) is 14.8. The minimum Gasteiger partial charge on any atom is -0.378 e. The van der Waals surface area contributed by atoms with Gasteiger partial charge in [0.05, 0.1) is 6.10 Å². The maximum absolute atomic E-state index is 6.18. The van der Waals surface area contributed by atoms with E-state index in [0.717, 1.165) is 50.2 Å². The normalized spacial score (nSPS) is 23.5. The lowest BCUT2D eigenvalue weighted by Gasteiger charge is -2.40. The van der Waals surface area contributed by atoms with Crippen LogP contribution in [0.2, 0.25) is 5.02 Å². The number of rotatable bonds is 7. The fraction of sp³-hybridized carbons (Fsp3) is 0.455. The summed E-state index contributed by atoms with van der Waals surface area (Å²) in [6.07, 6.45) is 6.85. The van der Waals surface area contributed by atoms with Crippen LogP contribution in [0.3, 0.4) is 0 Å². The molecule has 0 aromatic heterocycles. The molecule has 0 spiro atoms. The SMILES string of the molecule is NCC1(c2cccc(Cl)c2)CCC(OCCCc2ccccc2)CC1. The van der Waals surface area contributed by atoms with Gasteiger partial charge in [0.1, 0.15) is 0 Å². The monoisotopic (exact) mass is 357 g/mol. The van der Waals surface area contributed by atoms with Crippen LogP contribution in [0.15, 0.2) is 54.6 Å². The topological polar surface area (TPSA) is 35.2 Å². The first-order valence-corrected chi connectivity index (χ1v) is 9.71. The molecule has 0 radical (unpaired) electrons. The van der Waals surface area contributed by atoms with E-state index in [1.54, 1.807) is 0 Å². The Morgan fingerprint density at radius 1 is 1.04 bits per heavy atom. The average Bonchev–Trinajstić information content (AvgIpc) is 2.67. The maximum atomic E-state index is 6.18. The molecule has 1 fully saturated rings. The lowest BCUT2D eigenvalue weighted by Crippen LogP contribution is -2.40. The van der Waals surface area contributed by atoms with Crippen LogP contribution in [0.25, 0.3) is 0 Å². The molecule has 3 heteroatoms. The van der Waals surface area contributed by atoms with Crippen LogP contribution in [0.1, 0.15) is 43.2 Å². The molecule has 0 bridgehead atoms. The fourth-order valence-electron chi connectivity index (χ4n) is 3.91. The summed E-state index contributed by atoms with van der Waals surface area (Å²) in [7, 11) is 0. The first-order valence-electron chi connectivity index (χ1n) is 9.33. The molecule has 25 heavy (non-hydrogen) atoms. The van der Waals surface area contributed by atoms with Gasteiger partial charge in [-0.1, -0.05) is 54.1 Å². The summed E-state index contributed by atoms with van der Waals surface area (Å²) < 4.78 is 6.14. The maximum Gasteiger partial charge on any atom is 0.0575 e. The number of hydrogen-bond acceptors (Lipinski definition) is 2. The zero-order chi connectivity index (χ0) is 17.5. The van der Waals surface area contributed by atoms with Crippen LogP contribution >= 0.6 is 11.6 Å². The molecule has 0 aliphatic heterocycles. The predicted molar refractivity (Wildman–Crippen MR) is 105 cm³/mol. The summed E-state index contributed by atoms with van der Waals surface area (Å²) >= 11 is 6.18. The Hall–Kier alpha value is -1.35. The Bertz CT molecular complexity index is 650. The van der Waals surface area contributed by atoms with Crippen LogP contribution in [0, 0.1) is 0 Å². The summed E-state index contributed by atoms with van der Waals surface area (Å²) in [5, 5.41) is 0.796. The van der Waals surface area contributed by atoms with Gasteiger partial charge >= 0.3 is 0 Å². The van der Waals surface area contributed by atoms with Gasteiger partial charge in [-0.2, -0.15) is 0 Å². The van der Waals surface area contributed by atoms with Crippen molar-refractivity contribution in [3.63, 3.8) is 0 Å². The van der Waals surface area contributed by atoms with E-state index in [-0.39, 0.29) is 5.41 Å². The van der Waals surface area contributed by atoms with Crippen LogP contribution < -0.4 is 5.73 Å². The first-order chi connectivity index (χ1) is 12.2. The van der Waals surface area contributed by atoms with Crippen LogP contribution in [-0.4, -0.2) is 19.3 Å². The highest BCUT2D eigenvalue weighted by Crippen LogP contribution is 2.40. The van der Waals surface area contributed by atoms with Gasteiger partial charge in [0.25, 0.3) is 0 Å². The van der Waals surface area contributed by atoms with Crippen molar-refractivity contribution in [2.45, 2.75) is 50.0 Å². The summed E-state index contributed by atoms with van der Waals surface area (Å²) in [5.74, 6) is 0. The van der Waals surface area contributed by atoms with Crippen molar-refractivity contribution >= 4 is 11.6 Å². The number of ether oxygens (including phenoxy) is 1. The third-order valence-electron chi connectivity index (χ3n) is 5.52. The molecule has 1 saturated carbocycles. The van der Waals surface area contributed by atoms with Crippen LogP contribution in [-0.2, 0) is 16.6 Å². The minimum atomic E-state index is 0.0643. The number of nitrogens with two attached hydrogens (primary N) is 1. The predicted octanol–water partition coefficient (Wildman–Crippen LogP) is 5.13. The quantitative estimate of drug-likeness (QED) is 0.697. The van der Waals surface area contributed by atoms with Gasteiger partial charge in [-0.3, -0.25) is 0 Å². The van der Waals surface area contributed by atoms with Gasteiger partial charge in [-0.15, -0.1) is 0 Å². The van der Waals surface area contributed by atoms with Gasteiger partial charge in [0.2, 0.25) is 0 Å². The first kappa shape index (κ1) is 18.4. The lowest BCUT2D eigenvalue weighted by atomic mass is 9.69. The van der Waals surface area contributed by atoms with E-state index < -0.39 is 0 Å². The Kier molecular flexibility index (Phi) is 6.52. The number of aryl methyl sites for hydroxylation is 1. The number of benzene rings is 2. The van der Waals surface area contributed by atoms with E-state index in [9.17, 15) is 0 Å². The highest BCUT2D eigenvalue weighted by Gasteiger charge is 2.36. The van der Waals surface area contributed by atoms with Crippen LogP contribution in [0.4, 0.5) is 0 Å². The Morgan fingerprint density at radius 3 is 2.48 bits per heavy atom. The van der Waals surface area contributed by atoms with E-state index in [1.165, 1.54) is 11.1 Å². The molecule has 0 heterocycles.